The summed E-state index contributed by atoms with van der Waals surface area (Å²) in [4.78, 5) is 11.1. The summed E-state index contributed by atoms with van der Waals surface area (Å²) in [5.41, 5.74) is 0.391. The van der Waals surface area contributed by atoms with Crippen LogP contribution in [0.3, 0.4) is 0 Å². The second kappa shape index (κ2) is 3.14. The van der Waals surface area contributed by atoms with E-state index in [2.05, 4.69) is 19.2 Å². The van der Waals surface area contributed by atoms with E-state index < -0.39 is 0 Å². The molecule has 2 fully saturated rings. The highest BCUT2D eigenvalue weighted by Crippen LogP contribution is 2.39. The fraction of sp³-hybridized carbons (Fsp3) is 0.909. The molecule has 1 aliphatic heterocycles. The highest BCUT2D eigenvalue weighted by Gasteiger charge is 2.41. The Hall–Kier alpha value is -0.730. The Balaban J connectivity index is 2.05. The standard InChI is InChI=1S/C11H19NO2/c1-10(2)4-3-5-11(7-6-10)8-14-9(13)12-11/h3-8H2,1-2H3,(H,12,13). The van der Waals surface area contributed by atoms with Gasteiger partial charge < -0.3 is 10.1 Å². The second-order valence-corrected chi connectivity index (χ2v) is 5.50. The fourth-order valence-electron chi connectivity index (χ4n) is 2.49. The van der Waals surface area contributed by atoms with Crippen molar-refractivity contribution in [3.05, 3.63) is 0 Å². The van der Waals surface area contributed by atoms with Gasteiger partial charge in [0.2, 0.25) is 0 Å². The van der Waals surface area contributed by atoms with Gasteiger partial charge in [0.25, 0.3) is 0 Å². The molecule has 3 nitrogen and oxygen atoms in total. The maximum atomic E-state index is 11.1. The first-order chi connectivity index (χ1) is 6.52. The van der Waals surface area contributed by atoms with Crippen molar-refractivity contribution >= 4 is 6.09 Å². The van der Waals surface area contributed by atoms with E-state index in [1.165, 1.54) is 19.3 Å². The van der Waals surface area contributed by atoms with Gasteiger partial charge in [-0.3, -0.25) is 0 Å². The van der Waals surface area contributed by atoms with Crippen molar-refractivity contribution in [2.24, 2.45) is 5.41 Å². The summed E-state index contributed by atoms with van der Waals surface area (Å²) < 4.78 is 5.02. The van der Waals surface area contributed by atoms with Gasteiger partial charge >= 0.3 is 6.09 Å². The Bertz CT molecular complexity index is 250. The average Bonchev–Trinajstić information content (AvgIpc) is 2.38. The Morgan fingerprint density at radius 1 is 1.21 bits per heavy atom. The first-order valence-corrected chi connectivity index (χ1v) is 5.46. The van der Waals surface area contributed by atoms with Crippen molar-refractivity contribution in [1.82, 2.24) is 5.32 Å². The minimum atomic E-state index is -0.232. The molecular formula is C11H19NO2. The molecule has 1 saturated carbocycles. The number of cyclic esters (lactones) is 1. The number of carbonyl (C=O) groups is 1. The number of nitrogens with one attached hydrogen (secondary N) is 1. The number of alkyl carbamates (subject to hydrolysis) is 1. The smallest absolute Gasteiger partial charge is 0.407 e. The van der Waals surface area contributed by atoms with Crippen LogP contribution in [0.1, 0.15) is 46.0 Å². The molecule has 1 aliphatic carbocycles. The zero-order valence-electron chi connectivity index (χ0n) is 9.06. The van der Waals surface area contributed by atoms with Crippen LogP contribution in [0.2, 0.25) is 0 Å². The normalized spacial score (nSPS) is 36.3. The van der Waals surface area contributed by atoms with Crippen LogP contribution in [0.25, 0.3) is 0 Å². The summed E-state index contributed by atoms with van der Waals surface area (Å²) in [6.45, 7) is 5.19. The van der Waals surface area contributed by atoms with Crippen molar-refractivity contribution < 1.29 is 9.53 Å². The Morgan fingerprint density at radius 2 is 2.00 bits per heavy atom. The third-order valence-electron chi connectivity index (χ3n) is 3.64. The molecule has 1 spiro atoms. The van der Waals surface area contributed by atoms with Crippen LogP contribution in [-0.2, 0) is 4.74 Å². The third-order valence-corrected chi connectivity index (χ3v) is 3.64. The lowest BCUT2D eigenvalue weighted by Gasteiger charge is -2.26. The molecule has 0 bridgehead atoms. The zero-order chi connectivity index (χ0) is 10.2. The minimum Gasteiger partial charge on any atom is -0.447 e. The molecule has 0 aromatic carbocycles. The van der Waals surface area contributed by atoms with E-state index >= 15 is 0 Å². The van der Waals surface area contributed by atoms with E-state index in [1.54, 1.807) is 0 Å². The summed E-state index contributed by atoms with van der Waals surface area (Å²) in [6, 6.07) is 0. The quantitative estimate of drug-likeness (QED) is 0.647. The molecule has 0 radical (unpaired) electrons. The molecule has 1 heterocycles. The fourth-order valence-corrected chi connectivity index (χ4v) is 2.49. The molecule has 1 saturated heterocycles. The van der Waals surface area contributed by atoms with Crippen LogP contribution in [-0.4, -0.2) is 18.2 Å². The number of hydrogen-bond donors (Lipinski definition) is 1. The molecule has 2 rings (SSSR count). The highest BCUT2D eigenvalue weighted by atomic mass is 16.6. The third kappa shape index (κ3) is 1.86. The predicted molar refractivity (Wildman–Crippen MR) is 54.1 cm³/mol. The van der Waals surface area contributed by atoms with Crippen LogP contribution in [0.4, 0.5) is 4.79 Å². The molecular weight excluding hydrogens is 178 g/mol. The Morgan fingerprint density at radius 3 is 2.64 bits per heavy atom. The second-order valence-electron chi connectivity index (χ2n) is 5.50. The summed E-state index contributed by atoms with van der Waals surface area (Å²) in [6.07, 6.45) is 5.52. The van der Waals surface area contributed by atoms with Crippen molar-refractivity contribution in [3.63, 3.8) is 0 Å². The van der Waals surface area contributed by atoms with E-state index in [0.717, 1.165) is 12.8 Å². The van der Waals surface area contributed by atoms with Gasteiger partial charge in [0, 0.05) is 0 Å². The van der Waals surface area contributed by atoms with Gasteiger partial charge in [-0.05, 0) is 31.1 Å². The van der Waals surface area contributed by atoms with E-state index in [9.17, 15) is 4.79 Å². The molecule has 80 valence electrons. The van der Waals surface area contributed by atoms with E-state index in [4.69, 9.17) is 4.74 Å². The SMILES string of the molecule is CC1(C)CCCC2(CC1)COC(=O)N2. The maximum absolute atomic E-state index is 11.1. The van der Waals surface area contributed by atoms with Crippen molar-refractivity contribution in [3.8, 4) is 0 Å². The lowest BCUT2D eigenvalue weighted by Crippen LogP contribution is -2.42. The minimum absolute atomic E-state index is 0.0369. The van der Waals surface area contributed by atoms with Gasteiger partial charge in [-0.25, -0.2) is 4.79 Å². The summed E-state index contributed by atoms with van der Waals surface area (Å²) in [5, 5.41) is 2.99. The van der Waals surface area contributed by atoms with Crippen molar-refractivity contribution in [2.75, 3.05) is 6.61 Å². The van der Waals surface area contributed by atoms with Crippen LogP contribution in [0.5, 0.6) is 0 Å². The average molecular weight is 197 g/mol. The monoisotopic (exact) mass is 197 g/mol. The highest BCUT2D eigenvalue weighted by molar-refractivity contribution is 5.70. The zero-order valence-corrected chi connectivity index (χ0v) is 9.06. The van der Waals surface area contributed by atoms with Crippen LogP contribution < -0.4 is 5.32 Å². The molecule has 1 amide bonds. The molecule has 14 heavy (non-hydrogen) atoms. The predicted octanol–water partition coefficient (Wildman–Crippen LogP) is 2.46. The summed E-state index contributed by atoms with van der Waals surface area (Å²) in [5.74, 6) is 0. The maximum Gasteiger partial charge on any atom is 0.407 e. The van der Waals surface area contributed by atoms with Gasteiger partial charge in [-0.2, -0.15) is 0 Å². The van der Waals surface area contributed by atoms with Gasteiger partial charge in [0.05, 0.1) is 5.54 Å². The first-order valence-electron chi connectivity index (χ1n) is 5.46. The Kier molecular flexibility index (Phi) is 2.20. The number of carbonyl (C=O) groups excluding carboxylic acids is 1. The molecule has 1 N–H and O–H groups in total. The molecule has 3 heteroatoms. The number of amides is 1. The van der Waals surface area contributed by atoms with Crippen molar-refractivity contribution in [2.45, 2.75) is 51.5 Å². The van der Waals surface area contributed by atoms with Gasteiger partial charge in [-0.15, -0.1) is 0 Å². The largest absolute Gasteiger partial charge is 0.447 e. The molecule has 0 aromatic rings. The number of ether oxygens (including phenoxy) is 1. The lowest BCUT2D eigenvalue weighted by molar-refractivity contribution is 0.169. The van der Waals surface area contributed by atoms with Crippen LogP contribution >= 0.6 is 0 Å². The van der Waals surface area contributed by atoms with E-state index in [1.807, 2.05) is 0 Å². The Labute approximate surface area is 85.2 Å². The van der Waals surface area contributed by atoms with Gasteiger partial charge in [-0.1, -0.05) is 20.3 Å². The van der Waals surface area contributed by atoms with Crippen molar-refractivity contribution in [1.29, 1.82) is 0 Å². The van der Waals surface area contributed by atoms with E-state index in [-0.39, 0.29) is 11.6 Å². The number of hydrogen-bond acceptors (Lipinski definition) is 2. The molecule has 0 aromatic heterocycles. The van der Waals surface area contributed by atoms with Crippen LogP contribution in [0, 0.1) is 5.41 Å². The summed E-state index contributed by atoms with van der Waals surface area (Å²) >= 11 is 0. The topological polar surface area (TPSA) is 38.3 Å². The molecule has 1 atom stereocenters. The van der Waals surface area contributed by atoms with Gasteiger partial charge in [0.15, 0.2) is 0 Å². The van der Waals surface area contributed by atoms with Crippen LogP contribution in [0.15, 0.2) is 0 Å². The molecule has 1 unspecified atom stereocenters. The molecule has 2 aliphatic rings. The number of rotatable bonds is 0. The summed E-state index contributed by atoms with van der Waals surface area (Å²) in [7, 11) is 0. The van der Waals surface area contributed by atoms with E-state index in [0.29, 0.717) is 12.0 Å². The first kappa shape index (κ1) is 9.81. The van der Waals surface area contributed by atoms with Gasteiger partial charge in [0.1, 0.15) is 6.61 Å². The lowest BCUT2D eigenvalue weighted by atomic mass is 9.84.